The Morgan fingerprint density at radius 2 is 1.86 bits per heavy atom. The molecule has 2 aromatic rings. The summed E-state index contributed by atoms with van der Waals surface area (Å²) in [5.74, 6) is 0.294. The largest absolute Gasteiger partial charge is 0.313 e. The molecule has 1 N–H and O–H groups in total. The third-order valence-electron chi connectivity index (χ3n) is 4.41. The Hall–Kier alpha value is -1.53. The molecule has 22 heavy (non-hydrogen) atoms. The first-order valence-corrected chi connectivity index (χ1v) is 8.05. The quantitative estimate of drug-likeness (QED) is 0.836. The zero-order valence-corrected chi connectivity index (χ0v) is 13.7. The van der Waals surface area contributed by atoms with Crippen LogP contribution in [0.5, 0.6) is 0 Å². The third-order valence-corrected chi connectivity index (χ3v) is 5.14. The van der Waals surface area contributed by atoms with Crippen molar-refractivity contribution in [2.45, 2.75) is 24.8 Å². The molecule has 2 nitrogen and oxygen atoms in total. The van der Waals surface area contributed by atoms with Gasteiger partial charge in [0.25, 0.3) is 0 Å². The van der Waals surface area contributed by atoms with Gasteiger partial charge in [0.05, 0.1) is 21.7 Å². The highest BCUT2D eigenvalue weighted by Crippen LogP contribution is 2.42. The van der Waals surface area contributed by atoms with Crippen LogP contribution in [-0.4, -0.2) is 7.05 Å². The van der Waals surface area contributed by atoms with E-state index in [0.29, 0.717) is 27.6 Å². The Bertz CT molecular complexity index is 749. The number of nitrogens with zero attached hydrogens (tertiary/aromatic N) is 1. The van der Waals surface area contributed by atoms with Gasteiger partial charge in [0.15, 0.2) is 0 Å². The smallest absolute Gasteiger partial charge is 0.0991 e. The van der Waals surface area contributed by atoms with Crippen LogP contribution in [0.2, 0.25) is 10.0 Å². The SMILES string of the molecule is CN[C@H]1CCC(c2ccc(Cl)c(Cl)c2)c2ccc(C#N)cc21. The average Bonchev–Trinajstić information content (AvgIpc) is 2.55. The summed E-state index contributed by atoms with van der Waals surface area (Å²) in [4.78, 5) is 0. The average molecular weight is 331 g/mol. The number of nitrogens with one attached hydrogen (secondary N) is 1. The molecule has 2 aromatic carbocycles. The van der Waals surface area contributed by atoms with Gasteiger partial charge in [-0.2, -0.15) is 5.26 Å². The molecule has 0 fully saturated rings. The van der Waals surface area contributed by atoms with Gasteiger partial charge < -0.3 is 5.32 Å². The predicted molar refractivity (Wildman–Crippen MR) is 90.5 cm³/mol. The molecule has 1 unspecified atom stereocenters. The maximum atomic E-state index is 9.15. The summed E-state index contributed by atoms with van der Waals surface area (Å²) in [6, 6.07) is 14.3. The summed E-state index contributed by atoms with van der Waals surface area (Å²) >= 11 is 12.2. The highest BCUT2D eigenvalue weighted by Gasteiger charge is 2.28. The Labute approximate surface area is 140 Å². The summed E-state index contributed by atoms with van der Waals surface area (Å²) in [6.07, 6.45) is 2.08. The molecule has 1 aliphatic carbocycles. The van der Waals surface area contributed by atoms with Crippen molar-refractivity contribution in [3.8, 4) is 6.07 Å². The van der Waals surface area contributed by atoms with Crippen LogP contribution in [-0.2, 0) is 0 Å². The Balaban J connectivity index is 2.09. The van der Waals surface area contributed by atoms with Crippen molar-refractivity contribution in [3.63, 3.8) is 0 Å². The van der Waals surface area contributed by atoms with E-state index >= 15 is 0 Å². The van der Waals surface area contributed by atoms with E-state index in [1.807, 2.05) is 37.4 Å². The van der Waals surface area contributed by atoms with Crippen LogP contribution in [0.3, 0.4) is 0 Å². The minimum absolute atomic E-state index is 0.294. The fraction of sp³-hybridized carbons (Fsp3) is 0.278. The van der Waals surface area contributed by atoms with Gasteiger partial charge in [0.1, 0.15) is 0 Å². The van der Waals surface area contributed by atoms with Crippen molar-refractivity contribution in [3.05, 3.63) is 68.7 Å². The number of nitriles is 1. The lowest BCUT2D eigenvalue weighted by Gasteiger charge is -2.32. The molecule has 0 aromatic heterocycles. The molecule has 0 bridgehead atoms. The van der Waals surface area contributed by atoms with Crippen LogP contribution in [0.25, 0.3) is 0 Å². The molecular weight excluding hydrogens is 315 g/mol. The first-order chi connectivity index (χ1) is 10.6. The number of halogens is 2. The van der Waals surface area contributed by atoms with Crippen LogP contribution >= 0.6 is 23.2 Å². The van der Waals surface area contributed by atoms with Crippen LogP contribution in [0.15, 0.2) is 36.4 Å². The second-order valence-corrected chi connectivity index (χ2v) is 6.41. The van der Waals surface area contributed by atoms with Crippen LogP contribution in [0.1, 0.15) is 47.1 Å². The molecule has 0 radical (unpaired) electrons. The highest BCUT2D eigenvalue weighted by atomic mass is 35.5. The van der Waals surface area contributed by atoms with Gasteiger partial charge in [-0.25, -0.2) is 0 Å². The molecule has 4 heteroatoms. The second kappa shape index (κ2) is 6.30. The fourth-order valence-corrected chi connectivity index (χ4v) is 3.59. The number of fused-ring (bicyclic) bond motifs is 1. The monoisotopic (exact) mass is 330 g/mol. The second-order valence-electron chi connectivity index (χ2n) is 5.60. The Morgan fingerprint density at radius 1 is 1.05 bits per heavy atom. The molecule has 0 aliphatic heterocycles. The topological polar surface area (TPSA) is 35.8 Å². The highest BCUT2D eigenvalue weighted by molar-refractivity contribution is 6.42. The zero-order chi connectivity index (χ0) is 15.7. The third kappa shape index (κ3) is 2.73. The Kier molecular flexibility index (Phi) is 4.40. The van der Waals surface area contributed by atoms with E-state index in [-0.39, 0.29) is 0 Å². The predicted octanol–water partition coefficient (Wildman–Crippen LogP) is 5.05. The Morgan fingerprint density at radius 3 is 2.55 bits per heavy atom. The molecule has 0 saturated carbocycles. The number of benzene rings is 2. The van der Waals surface area contributed by atoms with E-state index in [4.69, 9.17) is 28.5 Å². The zero-order valence-electron chi connectivity index (χ0n) is 12.2. The molecule has 0 spiro atoms. The number of hydrogen-bond acceptors (Lipinski definition) is 2. The number of rotatable bonds is 2. The van der Waals surface area contributed by atoms with Gasteiger partial charge in [0.2, 0.25) is 0 Å². The minimum Gasteiger partial charge on any atom is -0.313 e. The van der Waals surface area contributed by atoms with Crippen LogP contribution < -0.4 is 5.32 Å². The lowest BCUT2D eigenvalue weighted by atomic mass is 9.76. The first kappa shape index (κ1) is 15.4. The molecular formula is C18H16Cl2N2. The van der Waals surface area contributed by atoms with Crippen molar-refractivity contribution in [1.29, 1.82) is 5.26 Å². The molecule has 0 saturated heterocycles. The summed E-state index contributed by atoms with van der Waals surface area (Å²) in [5.41, 5.74) is 4.36. The van der Waals surface area contributed by atoms with Crippen LogP contribution in [0.4, 0.5) is 0 Å². The molecule has 3 rings (SSSR count). The summed E-state index contributed by atoms with van der Waals surface area (Å²) < 4.78 is 0. The van der Waals surface area contributed by atoms with Gasteiger partial charge in [0, 0.05) is 12.0 Å². The van der Waals surface area contributed by atoms with Gasteiger partial charge in [-0.1, -0.05) is 35.3 Å². The molecule has 0 heterocycles. The van der Waals surface area contributed by atoms with E-state index in [1.54, 1.807) is 0 Å². The van der Waals surface area contributed by atoms with Crippen molar-refractivity contribution in [2.24, 2.45) is 0 Å². The fourth-order valence-electron chi connectivity index (χ4n) is 3.28. The van der Waals surface area contributed by atoms with Crippen molar-refractivity contribution >= 4 is 23.2 Å². The van der Waals surface area contributed by atoms with Gasteiger partial charge in [-0.15, -0.1) is 0 Å². The van der Waals surface area contributed by atoms with E-state index in [2.05, 4.69) is 17.5 Å². The summed E-state index contributed by atoms with van der Waals surface area (Å²) in [5, 5.41) is 13.7. The summed E-state index contributed by atoms with van der Waals surface area (Å²) in [6.45, 7) is 0. The molecule has 0 amide bonds. The molecule has 2 atom stereocenters. The minimum atomic E-state index is 0.294. The van der Waals surface area contributed by atoms with Crippen molar-refractivity contribution in [1.82, 2.24) is 5.32 Å². The van der Waals surface area contributed by atoms with Gasteiger partial charge in [-0.3, -0.25) is 0 Å². The lowest BCUT2D eigenvalue weighted by molar-refractivity contribution is 0.470. The maximum absolute atomic E-state index is 9.15. The summed E-state index contributed by atoms with van der Waals surface area (Å²) in [7, 11) is 1.97. The standard InChI is InChI=1S/C18H16Cl2N2/c1-22-18-7-5-13(12-3-6-16(19)17(20)9-12)14-4-2-11(10-21)8-15(14)18/h2-4,6,8-9,13,18,22H,5,7H2,1H3/t13?,18-/m0/s1. The lowest BCUT2D eigenvalue weighted by Crippen LogP contribution is -2.24. The van der Waals surface area contributed by atoms with E-state index in [0.717, 1.165) is 12.8 Å². The normalized spacial score (nSPS) is 20.3. The van der Waals surface area contributed by atoms with E-state index in [9.17, 15) is 0 Å². The van der Waals surface area contributed by atoms with Crippen molar-refractivity contribution < 1.29 is 0 Å². The molecule has 112 valence electrons. The van der Waals surface area contributed by atoms with Gasteiger partial charge >= 0.3 is 0 Å². The van der Waals surface area contributed by atoms with E-state index < -0.39 is 0 Å². The number of hydrogen-bond donors (Lipinski definition) is 1. The first-order valence-electron chi connectivity index (χ1n) is 7.30. The van der Waals surface area contributed by atoms with E-state index in [1.165, 1.54) is 16.7 Å². The molecule has 1 aliphatic rings. The van der Waals surface area contributed by atoms with Gasteiger partial charge in [-0.05, 0) is 60.8 Å². The van der Waals surface area contributed by atoms with Crippen LogP contribution in [0, 0.1) is 11.3 Å². The van der Waals surface area contributed by atoms with Crippen molar-refractivity contribution in [2.75, 3.05) is 7.05 Å². The maximum Gasteiger partial charge on any atom is 0.0991 e.